The van der Waals surface area contributed by atoms with E-state index in [0.717, 1.165) is 31.4 Å². The Morgan fingerprint density at radius 1 is 1.42 bits per heavy atom. The summed E-state index contributed by atoms with van der Waals surface area (Å²) in [6.45, 7) is 2.35. The maximum atomic E-state index is 11.0. The highest BCUT2D eigenvalue weighted by Crippen LogP contribution is 2.28. The zero-order valence-corrected chi connectivity index (χ0v) is 11.2. The van der Waals surface area contributed by atoms with E-state index in [-0.39, 0.29) is 11.2 Å². The average Bonchev–Trinajstić information content (AvgIpc) is 2.37. The highest BCUT2D eigenvalue weighted by atomic mass is 16.6. The molecule has 1 aromatic rings. The number of pyridine rings is 1. The van der Waals surface area contributed by atoms with Crippen LogP contribution in [0.4, 0.5) is 11.5 Å². The lowest BCUT2D eigenvalue weighted by Gasteiger charge is -2.33. The van der Waals surface area contributed by atoms with Crippen LogP contribution in [0.3, 0.4) is 0 Å². The standard InChI is InChI=1S/C13H20N4O2/c1-10-5-6-11(17(18)19)12(16-10)15-9-13(14)7-3-2-4-8-13/h5-6H,2-4,7-9,14H2,1H3,(H,15,16). The summed E-state index contributed by atoms with van der Waals surface area (Å²) in [7, 11) is 0. The first-order valence-electron chi connectivity index (χ1n) is 6.65. The number of rotatable bonds is 4. The molecule has 0 aromatic carbocycles. The number of nitrogens with two attached hydrogens (primary N) is 1. The molecule has 0 spiro atoms. The van der Waals surface area contributed by atoms with Gasteiger partial charge in [0.15, 0.2) is 0 Å². The Labute approximate surface area is 112 Å². The molecule has 1 aliphatic rings. The zero-order chi connectivity index (χ0) is 13.9. The van der Waals surface area contributed by atoms with E-state index in [1.807, 2.05) is 6.92 Å². The van der Waals surface area contributed by atoms with Crippen molar-refractivity contribution in [1.29, 1.82) is 0 Å². The van der Waals surface area contributed by atoms with Gasteiger partial charge in [-0.1, -0.05) is 19.3 Å². The molecule has 104 valence electrons. The summed E-state index contributed by atoms with van der Waals surface area (Å²) >= 11 is 0. The van der Waals surface area contributed by atoms with Gasteiger partial charge in [0, 0.05) is 23.8 Å². The number of anilines is 1. The summed E-state index contributed by atoms with van der Waals surface area (Å²) in [5.41, 5.74) is 6.80. The van der Waals surface area contributed by atoms with E-state index in [9.17, 15) is 10.1 Å². The molecule has 0 radical (unpaired) electrons. The summed E-state index contributed by atoms with van der Waals surface area (Å²) in [5, 5.41) is 14.0. The first-order chi connectivity index (χ1) is 9.00. The number of aromatic nitrogens is 1. The second-order valence-electron chi connectivity index (χ2n) is 5.35. The van der Waals surface area contributed by atoms with Gasteiger partial charge in [-0.05, 0) is 25.8 Å². The highest BCUT2D eigenvalue weighted by molar-refractivity contribution is 5.56. The Morgan fingerprint density at radius 2 is 2.11 bits per heavy atom. The molecule has 0 aliphatic heterocycles. The number of aryl methyl sites for hydroxylation is 1. The Morgan fingerprint density at radius 3 is 2.74 bits per heavy atom. The first kappa shape index (κ1) is 13.7. The Bertz CT molecular complexity index is 470. The maximum absolute atomic E-state index is 11.0. The van der Waals surface area contributed by atoms with Crippen molar-refractivity contribution in [3.8, 4) is 0 Å². The van der Waals surface area contributed by atoms with E-state index in [4.69, 9.17) is 5.73 Å². The van der Waals surface area contributed by atoms with Gasteiger partial charge in [0.25, 0.3) is 0 Å². The fourth-order valence-corrected chi connectivity index (χ4v) is 2.52. The predicted octanol–water partition coefficient (Wildman–Crippen LogP) is 2.37. The third-order valence-corrected chi connectivity index (χ3v) is 3.67. The predicted molar refractivity (Wildman–Crippen MR) is 74.1 cm³/mol. The molecule has 0 saturated heterocycles. The average molecular weight is 264 g/mol. The molecule has 1 fully saturated rings. The molecule has 0 amide bonds. The molecule has 1 heterocycles. The number of hydrogen-bond acceptors (Lipinski definition) is 5. The SMILES string of the molecule is Cc1ccc([N+](=O)[O-])c(NCC2(N)CCCCC2)n1. The molecule has 2 rings (SSSR count). The molecule has 6 nitrogen and oxygen atoms in total. The van der Waals surface area contributed by atoms with Crippen molar-refractivity contribution in [1.82, 2.24) is 4.98 Å². The molecule has 6 heteroatoms. The van der Waals surface area contributed by atoms with E-state index < -0.39 is 4.92 Å². The summed E-state index contributed by atoms with van der Waals surface area (Å²) < 4.78 is 0. The molecule has 0 atom stereocenters. The van der Waals surface area contributed by atoms with Gasteiger partial charge >= 0.3 is 5.69 Å². The molecule has 0 unspecified atom stereocenters. The molecule has 19 heavy (non-hydrogen) atoms. The van der Waals surface area contributed by atoms with Gasteiger partial charge in [-0.3, -0.25) is 10.1 Å². The van der Waals surface area contributed by atoms with Gasteiger partial charge in [-0.15, -0.1) is 0 Å². The number of nitrogens with one attached hydrogen (secondary N) is 1. The second-order valence-corrected chi connectivity index (χ2v) is 5.35. The van der Waals surface area contributed by atoms with Crippen LogP contribution in [-0.2, 0) is 0 Å². The van der Waals surface area contributed by atoms with Crippen LogP contribution >= 0.6 is 0 Å². The summed E-state index contributed by atoms with van der Waals surface area (Å²) in [5.74, 6) is 0.320. The van der Waals surface area contributed by atoms with E-state index in [1.54, 1.807) is 6.07 Å². The van der Waals surface area contributed by atoms with Crippen LogP contribution in [0.5, 0.6) is 0 Å². The van der Waals surface area contributed by atoms with Crippen LogP contribution in [0, 0.1) is 17.0 Å². The van der Waals surface area contributed by atoms with Crippen molar-refractivity contribution in [2.75, 3.05) is 11.9 Å². The van der Waals surface area contributed by atoms with Crippen molar-refractivity contribution in [2.24, 2.45) is 5.73 Å². The van der Waals surface area contributed by atoms with Crippen molar-refractivity contribution >= 4 is 11.5 Å². The molecular formula is C13H20N4O2. The summed E-state index contributed by atoms with van der Waals surface area (Å²) in [4.78, 5) is 14.7. The van der Waals surface area contributed by atoms with E-state index in [1.165, 1.54) is 12.5 Å². The third-order valence-electron chi connectivity index (χ3n) is 3.67. The van der Waals surface area contributed by atoms with Gasteiger partial charge in [0.05, 0.1) is 4.92 Å². The summed E-state index contributed by atoms with van der Waals surface area (Å²) in [6, 6.07) is 3.12. The first-order valence-corrected chi connectivity index (χ1v) is 6.65. The van der Waals surface area contributed by atoms with Crippen LogP contribution in [0.25, 0.3) is 0 Å². The summed E-state index contributed by atoms with van der Waals surface area (Å²) in [6.07, 6.45) is 5.39. The monoisotopic (exact) mass is 264 g/mol. The third kappa shape index (κ3) is 3.41. The molecule has 1 aromatic heterocycles. The molecule has 3 N–H and O–H groups in total. The highest BCUT2D eigenvalue weighted by Gasteiger charge is 2.28. The van der Waals surface area contributed by atoms with Crippen LogP contribution < -0.4 is 11.1 Å². The Hall–Kier alpha value is -1.69. The van der Waals surface area contributed by atoms with E-state index in [2.05, 4.69) is 10.3 Å². The van der Waals surface area contributed by atoms with Crippen LogP contribution in [0.1, 0.15) is 37.8 Å². The van der Waals surface area contributed by atoms with Crippen LogP contribution in [0.15, 0.2) is 12.1 Å². The molecular weight excluding hydrogens is 244 g/mol. The van der Waals surface area contributed by atoms with Gasteiger partial charge in [0.1, 0.15) is 0 Å². The van der Waals surface area contributed by atoms with E-state index in [0.29, 0.717) is 12.4 Å². The Balaban J connectivity index is 2.10. The topological polar surface area (TPSA) is 94.1 Å². The quantitative estimate of drug-likeness (QED) is 0.643. The molecule has 1 aliphatic carbocycles. The maximum Gasteiger partial charge on any atom is 0.311 e. The smallest absolute Gasteiger partial charge is 0.311 e. The minimum atomic E-state index is -0.418. The number of nitrogens with zero attached hydrogens (tertiary/aromatic N) is 2. The minimum absolute atomic E-state index is 0.00464. The van der Waals surface area contributed by atoms with Gasteiger partial charge < -0.3 is 11.1 Å². The van der Waals surface area contributed by atoms with Crippen molar-refractivity contribution in [2.45, 2.75) is 44.6 Å². The lowest BCUT2D eigenvalue weighted by atomic mass is 9.82. The fourth-order valence-electron chi connectivity index (χ4n) is 2.52. The molecule has 0 bridgehead atoms. The largest absolute Gasteiger partial charge is 0.362 e. The zero-order valence-electron chi connectivity index (χ0n) is 11.2. The molecule has 1 saturated carbocycles. The minimum Gasteiger partial charge on any atom is -0.362 e. The van der Waals surface area contributed by atoms with Crippen molar-refractivity contribution < 1.29 is 4.92 Å². The fraction of sp³-hybridized carbons (Fsp3) is 0.615. The normalized spacial score (nSPS) is 18.0. The van der Waals surface area contributed by atoms with Gasteiger partial charge in [0.2, 0.25) is 5.82 Å². The van der Waals surface area contributed by atoms with Crippen molar-refractivity contribution in [3.05, 3.63) is 27.9 Å². The van der Waals surface area contributed by atoms with E-state index >= 15 is 0 Å². The lowest BCUT2D eigenvalue weighted by molar-refractivity contribution is -0.384. The van der Waals surface area contributed by atoms with Crippen LogP contribution in [-0.4, -0.2) is 22.0 Å². The van der Waals surface area contributed by atoms with Crippen LogP contribution in [0.2, 0.25) is 0 Å². The van der Waals surface area contributed by atoms with Crippen molar-refractivity contribution in [3.63, 3.8) is 0 Å². The van der Waals surface area contributed by atoms with Gasteiger partial charge in [-0.25, -0.2) is 4.98 Å². The lowest BCUT2D eigenvalue weighted by Crippen LogP contribution is -2.47. The van der Waals surface area contributed by atoms with Gasteiger partial charge in [-0.2, -0.15) is 0 Å². The number of hydrogen-bond donors (Lipinski definition) is 2. The second kappa shape index (κ2) is 5.52. The number of nitro groups is 1. The Kier molecular flexibility index (Phi) is 3.99.